The van der Waals surface area contributed by atoms with Gasteiger partial charge in [0.15, 0.2) is 0 Å². The zero-order valence-electron chi connectivity index (χ0n) is 17.2. The Morgan fingerprint density at radius 2 is 1.84 bits per heavy atom. The van der Waals surface area contributed by atoms with Crippen LogP contribution in [-0.4, -0.2) is 20.1 Å². The molecule has 0 saturated heterocycles. The number of aryl methyl sites for hydroxylation is 1. The van der Waals surface area contributed by atoms with E-state index < -0.39 is 10.8 Å². The summed E-state index contributed by atoms with van der Waals surface area (Å²) in [6.45, 7) is 2.22. The number of carbonyl (C=O) groups is 1. The number of hydrogen-bond donors (Lipinski definition) is 1. The highest BCUT2D eigenvalue weighted by molar-refractivity contribution is 9.10. The minimum atomic E-state index is -1.22. The first-order valence-corrected chi connectivity index (χ1v) is 12.0. The van der Waals surface area contributed by atoms with Crippen molar-refractivity contribution in [2.75, 3.05) is 0 Å². The van der Waals surface area contributed by atoms with E-state index in [-0.39, 0.29) is 11.7 Å². The lowest BCUT2D eigenvalue weighted by Gasteiger charge is -2.05. The zero-order chi connectivity index (χ0) is 22.5. The maximum atomic E-state index is 12.7. The SMILES string of the molecule is Cc1oc(-c2ccc(C(=O)NCc3cccnc3)cc2)nc1CS(=O)c1ccc(Br)cc1. The van der Waals surface area contributed by atoms with Crippen molar-refractivity contribution in [2.45, 2.75) is 24.1 Å². The van der Waals surface area contributed by atoms with E-state index in [0.29, 0.717) is 29.5 Å². The third kappa shape index (κ3) is 5.38. The molecule has 1 unspecified atom stereocenters. The van der Waals surface area contributed by atoms with Crippen LogP contribution < -0.4 is 5.32 Å². The fraction of sp³-hybridized carbons (Fsp3) is 0.125. The van der Waals surface area contributed by atoms with E-state index in [0.717, 1.165) is 20.5 Å². The molecule has 2 heterocycles. The van der Waals surface area contributed by atoms with Crippen LogP contribution in [-0.2, 0) is 23.1 Å². The standard InChI is InChI=1S/C24H20BrN3O3S/c1-16-22(15-32(30)21-10-8-20(25)9-11-21)28-24(31-16)19-6-4-18(5-7-19)23(29)27-14-17-3-2-12-26-13-17/h2-13H,14-15H2,1H3,(H,27,29). The number of oxazole rings is 1. The molecule has 32 heavy (non-hydrogen) atoms. The first-order valence-electron chi connectivity index (χ1n) is 9.87. The molecule has 0 aliphatic rings. The average molecular weight is 510 g/mol. The highest BCUT2D eigenvalue weighted by Gasteiger charge is 2.16. The Balaban J connectivity index is 1.42. The molecule has 2 aromatic heterocycles. The van der Waals surface area contributed by atoms with Crippen LogP contribution in [0.5, 0.6) is 0 Å². The molecule has 0 saturated carbocycles. The summed E-state index contributed by atoms with van der Waals surface area (Å²) >= 11 is 3.38. The Morgan fingerprint density at radius 1 is 1.09 bits per heavy atom. The summed E-state index contributed by atoms with van der Waals surface area (Å²) in [5.74, 6) is 1.16. The molecule has 0 aliphatic heterocycles. The van der Waals surface area contributed by atoms with Gasteiger partial charge in [0.25, 0.3) is 5.91 Å². The molecule has 4 rings (SSSR count). The van der Waals surface area contributed by atoms with Gasteiger partial charge in [-0.3, -0.25) is 14.0 Å². The van der Waals surface area contributed by atoms with Crippen molar-refractivity contribution in [1.29, 1.82) is 0 Å². The van der Waals surface area contributed by atoms with Gasteiger partial charge in [-0.2, -0.15) is 0 Å². The quantitative estimate of drug-likeness (QED) is 0.376. The van der Waals surface area contributed by atoms with Crippen molar-refractivity contribution in [2.24, 2.45) is 0 Å². The Morgan fingerprint density at radius 3 is 2.53 bits per heavy atom. The second-order valence-electron chi connectivity index (χ2n) is 7.09. The molecule has 8 heteroatoms. The summed E-state index contributed by atoms with van der Waals surface area (Å²) in [4.78, 5) is 21.7. The van der Waals surface area contributed by atoms with Gasteiger partial charge >= 0.3 is 0 Å². The minimum Gasteiger partial charge on any atom is -0.441 e. The van der Waals surface area contributed by atoms with Crippen molar-refractivity contribution in [3.8, 4) is 11.5 Å². The molecule has 4 aromatic rings. The van der Waals surface area contributed by atoms with E-state index >= 15 is 0 Å². The second-order valence-corrected chi connectivity index (χ2v) is 9.45. The fourth-order valence-electron chi connectivity index (χ4n) is 3.03. The predicted octanol–water partition coefficient (Wildman–Crippen LogP) is 5.05. The molecule has 0 radical (unpaired) electrons. The molecule has 1 atom stereocenters. The monoisotopic (exact) mass is 509 g/mol. The van der Waals surface area contributed by atoms with E-state index in [1.54, 1.807) is 36.7 Å². The van der Waals surface area contributed by atoms with Gasteiger partial charge in [0, 0.05) is 39.4 Å². The highest BCUT2D eigenvalue weighted by atomic mass is 79.9. The molecule has 0 spiro atoms. The summed E-state index contributed by atoms with van der Waals surface area (Å²) < 4.78 is 19.4. The lowest BCUT2D eigenvalue weighted by atomic mass is 10.1. The van der Waals surface area contributed by atoms with E-state index in [1.165, 1.54) is 0 Å². The third-order valence-corrected chi connectivity index (χ3v) is 6.67. The zero-order valence-corrected chi connectivity index (χ0v) is 19.7. The minimum absolute atomic E-state index is 0.172. The lowest BCUT2D eigenvalue weighted by Crippen LogP contribution is -2.22. The summed E-state index contributed by atoms with van der Waals surface area (Å²) in [6, 6.07) is 18.2. The maximum absolute atomic E-state index is 12.7. The van der Waals surface area contributed by atoms with Crippen LogP contribution in [0.25, 0.3) is 11.5 Å². The van der Waals surface area contributed by atoms with Gasteiger partial charge in [0.1, 0.15) is 5.76 Å². The summed E-state index contributed by atoms with van der Waals surface area (Å²) in [7, 11) is -1.22. The van der Waals surface area contributed by atoms with Crippen LogP contribution in [0.4, 0.5) is 0 Å². The molecule has 2 aromatic carbocycles. The normalized spacial score (nSPS) is 11.8. The number of hydrogen-bond acceptors (Lipinski definition) is 5. The van der Waals surface area contributed by atoms with Gasteiger partial charge in [0.05, 0.1) is 22.2 Å². The third-order valence-electron chi connectivity index (χ3n) is 4.81. The molecule has 162 valence electrons. The number of nitrogens with one attached hydrogen (secondary N) is 1. The van der Waals surface area contributed by atoms with E-state index in [1.807, 2.05) is 43.3 Å². The van der Waals surface area contributed by atoms with Crippen LogP contribution in [0.2, 0.25) is 0 Å². The van der Waals surface area contributed by atoms with Crippen LogP contribution in [0, 0.1) is 6.92 Å². The fourth-order valence-corrected chi connectivity index (χ4v) is 4.42. The van der Waals surface area contributed by atoms with Crippen LogP contribution in [0.15, 0.2) is 86.8 Å². The molecule has 0 bridgehead atoms. The molecule has 1 amide bonds. The average Bonchev–Trinajstić information content (AvgIpc) is 3.18. The van der Waals surface area contributed by atoms with Crippen LogP contribution in [0.1, 0.15) is 27.4 Å². The number of carbonyl (C=O) groups excluding carboxylic acids is 1. The van der Waals surface area contributed by atoms with Crippen molar-refractivity contribution < 1.29 is 13.4 Å². The van der Waals surface area contributed by atoms with Crippen LogP contribution in [0.3, 0.4) is 0 Å². The molecule has 0 aliphatic carbocycles. The number of benzene rings is 2. The number of pyridine rings is 1. The largest absolute Gasteiger partial charge is 0.441 e. The number of amides is 1. The van der Waals surface area contributed by atoms with E-state index in [9.17, 15) is 9.00 Å². The summed E-state index contributed by atoms with van der Waals surface area (Å²) in [5.41, 5.74) is 2.87. The van der Waals surface area contributed by atoms with Crippen molar-refractivity contribution >= 4 is 32.6 Å². The molecule has 0 fully saturated rings. The molecule has 1 N–H and O–H groups in total. The van der Waals surface area contributed by atoms with Crippen molar-refractivity contribution in [3.63, 3.8) is 0 Å². The van der Waals surface area contributed by atoms with E-state index in [4.69, 9.17) is 4.42 Å². The van der Waals surface area contributed by atoms with Gasteiger partial charge < -0.3 is 9.73 Å². The van der Waals surface area contributed by atoms with Gasteiger partial charge in [-0.25, -0.2) is 4.98 Å². The molecular formula is C24H20BrN3O3S. The smallest absolute Gasteiger partial charge is 0.251 e. The number of halogens is 1. The summed E-state index contributed by atoms with van der Waals surface area (Å²) in [5, 5.41) is 2.87. The second kappa shape index (κ2) is 10.0. The van der Waals surface area contributed by atoms with E-state index in [2.05, 4.69) is 31.2 Å². The van der Waals surface area contributed by atoms with Gasteiger partial charge in [-0.15, -0.1) is 0 Å². The Kier molecular flexibility index (Phi) is 6.92. The van der Waals surface area contributed by atoms with Gasteiger partial charge in [-0.05, 0) is 67.1 Å². The first kappa shape index (κ1) is 22.1. The van der Waals surface area contributed by atoms with Gasteiger partial charge in [0.2, 0.25) is 5.89 Å². The molecular weight excluding hydrogens is 490 g/mol. The number of rotatable bonds is 7. The van der Waals surface area contributed by atoms with Gasteiger partial charge in [-0.1, -0.05) is 22.0 Å². The number of nitrogens with zero attached hydrogens (tertiary/aromatic N) is 2. The molecule has 6 nitrogen and oxygen atoms in total. The van der Waals surface area contributed by atoms with Crippen molar-refractivity contribution in [1.82, 2.24) is 15.3 Å². The number of aromatic nitrogens is 2. The first-order chi connectivity index (χ1) is 15.5. The lowest BCUT2D eigenvalue weighted by molar-refractivity contribution is 0.0951. The highest BCUT2D eigenvalue weighted by Crippen LogP contribution is 2.24. The topological polar surface area (TPSA) is 85.1 Å². The Labute approximate surface area is 196 Å². The maximum Gasteiger partial charge on any atom is 0.251 e. The summed E-state index contributed by atoms with van der Waals surface area (Å²) in [6.07, 6.45) is 3.41. The van der Waals surface area contributed by atoms with Crippen molar-refractivity contribution in [3.05, 3.63) is 100 Å². The Bertz CT molecular complexity index is 1240. The predicted molar refractivity (Wildman–Crippen MR) is 126 cm³/mol. The van der Waals surface area contributed by atoms with Crippen LogP contribution >= 0.6 is 15.9 Å². The Hall–Kier alpha value is -3.10.